The molecule has 1 amide bonds. The molecule has 34 heavy (non-hydrogen) atoms. The lowest BCUT2D eigenvalue weighted by atomic mass is 9.75. The number of rotatable bonds is 7. The number of methoxy groups -OCH3 is 1. The average Bonchev–Trinajstić information content (AvgIpc) is 3.42. The summed E-state index contributed by atoms with van der Waals surface area (Å²) in [5.74, 6) is -2.12. The minimum Gasteiger partial charge on any atom is -0.496 e. The van der Waals surface area contributed by atoms with E-state index in [0.717, 1.165) is 19.3 Å². The molecule has 0 aliphatic heterocycles. The number of fused-ring (bicyclic) bond motifs is 2. The number of aliphatic carboxylic acids is 2. The van der Waals surface area contributed by atoms with Crippen molar-refractivity contribution < 1.29 is 34.1 Å². The first kappa shape index (κ1) is 23.9. The molecule has 3 saturated carbocycles. The van der Waals surface area contributed by atoms with Gasteiger partial charge in [-0.15, -0.1) is 0 Å². The van der Waals surface area contributed by atoms with Gasteiger partial charge in [0, 0.05) is 12.1 Å². The fourth-order valence-corrected chi connectivity index (χ4v) is 5.91. The van der Waals surface area contributed by atoms with Crippen molar-refractivity contribution in [2.24, 2.45) is 23.2 Å². The maximum Gasteiger partial charge on any atom is 0.309 e. The van der Waals surface area contributed by atoms with Gasteiger partial charge < -0.3 is 25.0 Å². The molecular formula is C25H30N2O7. The molecule has 3 fully saturated rings. The minimum absolute atomic E-state index is 0.0809. The molecule has 182 valence electrons. The Hall–Kier alpha value is -3.28. The Balaban J connectivity index is 1.54. The van der Waals surface area contributed by atoms with E-state index >= 15 is 0 Å². The van der Waals surface area contributed by atoms with Crippen molar-refractivity contribution in [3.05, 3.63) is 23.3 Å². The normalized spacial score (nSPS) is 32.0. The van der Waals surface area contributed by atoms with E-state index in [1.165, 1.54) is 19.2 Å². The van der Waals surface area contributed by atoms with E-state index in [1.54, 1.807) is 6.92 Å². The van der Waals surface area contributed by atoms with E-state index < -0.39 is 35.2 Å². The highest BCUT2D eigenvalue weighted by atomic mass is 16.5. The van der Waals surface area contributed by atoms with Crippen LogP contribution in [0.3, 0.4) is 0 Å². The van der Waals surface area contributed by atoms with Crippen LogP contribution >= 0.6 is 0 Å². The van der Waals surface area contributed by atoms with Gasteiger partial charge >= 0.3 is 11.9 Å². The second kappa shape index (κ2) is 9.16. The number of carbonyl (C=O) groups is 3. The van der Waals surface area contributed by atoms with E-state index in [4.69, 9.17) is 9.47 Å². The summed E-state index contributed by atoms with van der Waals surface area (Å²) in [6, 6.07) is 4.55. The summed E-state index contributed by atoms with van der Waals surface area (Å²) in [4.78, 5) is 36.6. The number of carboxylic acids is 2. The molecule has 3 N–H and O–H groups in total. The van der Waals surface area contributed by atoms with Crippen LogP contribution in [0.25, 0.3) is 0 Å². The van der Waals surface area contributed by atoms with Gasteiger partial charge in [0.05, 0.1) is 35.7 Å². The topological polar surface area (TPSA) is 146 Å². The molecule has 2 bridgehead atoms. The summed E-state index contributed by atoms with van der Waals surface area (Å²) >= 11 is 0. The monoisotopic (exact) mass is 470 g/mol. The zero-order valence-electron chi connectivity index (χ0n) is 19.4. The standard InChI is InChI=1S/C25H30N2O7/c1-25(24(31)32)7-5-16(6-8-25)34-18-11-17(19(33-2)10-15(18)12-26)22(28)27-21-14-4-3-13(9-14)20(21)23(29)30/h10-11,13-14,16,20-21H,3-9H2,1-2H3,(H,27,28)(H,29,30)(H,31,32)/t13-,14+,16-,20+,21-,25+/m1/s1. The van der Waals surface area contributed by atoms with Gasteiger partial charge in [-0.25, -0.2) is 0 Å². The summed E-state index contributed by atoms with van der Waals surface area (Å²) < 4.78 is 11.4. The molecular weight excluding hydrogens is 440 g/mol. The van der Waals surface area contributed by atoms with E-state index in [0.29, 0.717) is 25.7 Å². The maximum atomic E-state index is 13.2. The summed E-state index contributed by atoms with van der Waals surface area (Å²) in [6.45, 7) is 1.72. The van der Waals surface area contributed by atoms with Gasteiger partial charge in [0.25, 0.3) is 5.91 Å². The molecule has 3 aliphatic rings. The SMILES string of the molecule is COc1cc(C#N)c(O[C@H]2CC[C@@](C)(C(=O)O)CC2)cc1C(=O)N[C@@H]1[C@H]2CC[C@H](C2)[C@@H]1C(=O)O. The number of nitrogens with zero attached hydrogens (tertiary/aromatic N) is 1. The van der Waals surface area contributed by atoms with Gasteiger partial charge in [-0.2, -0.15) is 5.26 Å². The Bertz CT molecular complexity index is 1040. The van der Waals surface area contributed by atoms with Crippen LogP contribution < -0.4 is 14.8 Å². The number of carbonyl (C=O) groups excluding carboxylic acids is 1. The largest absolute Gasteiger partial charge is 0.496 e. The number of nitrogens with one attached hydrogen (secondary N) is 1. The van der Waals surface area contributed by atoms with Gasteiger partial charge in [0.15, 0.2) is 0 Å². The highest BCUT2D eigenvalue weighted by Crippen LogP contribution is 2.49. The highest BCUT2D eigenvalue weighted by molar-refractivity contribution is 5.98. The third kappa shape index (κ3) is 4.29. The van der Waals surface area contributed by atoms with Crippen LogP contribution in [0.15, 0.2) is 12.1 Å². The first-order chi connectivity index (χ1) is 16.2. The predicted octanol–water partition coefficient (Wildman–Crippen LogP) is 3.21. The second-order valence-corrected chi connectivity index (χ2v) is 10.0. The zero-order chi connectivity index (χ0) is 24.6. The Morgan fingerprint density at radius 2 is 1.76 bits per heavy atom. The molecule has 0 unspecified atom stereocenters. The van der Waals surface area contributed by atoms with Crippen LogP contribution in [0.2, 0.25) is 0 Å². The third-order valence-electron chi connectivity index (χ3n) is 8.01. The predicted molar refractivity (Wildman–Crippen MR) is 120 cm³/mol. The molecule has 3 aliphatic carbocycles. The Kier molecular flexibility index (Phi) is 6.43. The van der Waals surface area contributed by atoms with Crippen LogP contribution in [0.1, 0.15) is 67.8 Å². The lowest BCUT2D eigenvalue weighted by Crippen LogP contribution is -2.46. The number of hydrogen-bond donors (Lipinski definition) is 3. The number of benzene rings is 1. The zero-order valence-corrected chi connectivity index (χ0v) is 19.4. The molecule has 0 spiro atoms. The molecule has 1 aromatic rings. The van der Waals surface area contributed by atoms with Crippen molar-refractivity contribution in [2.45, 2.75) is 64.0 Å². The second-order valence-electron chi connectivity index (χ2n) is 10.0. The number of ether oxygens (including phenoxy) is 2. The molecule has 0 heterocycles. The number of carboxylic acid groups (broad SMARTS) is 2. The number of nitriles is 1. The van der Waals surface area contributed by atoms with Gasteiger partial charge in [0.2, 0.25) is 0 Å². The van der Waals surface area contributed by atoms with Gasteiger partial charge in [-0.1, -0.05) is 0 Å². The average molecular weight is 471 g/mol. The van der Waals surface area contributed by atoms with Crippen LogP contribution in [-0.2, 0) is 9.59 Å². The highest BCUT2D eigenvalue weighted by Gasteiger charge is 2.51. The molecule has 0 aromatic heterocycles. The van der Waals surface area contributed by atoms with Crippen molar-refractivity contribution in [3.8, 4) is 17.6 Å². The summed E-state index contributed by atoms with van der Waals surface area (Å²) in [6.07, 6.45) is 4.25. The molecule has 9 heteroatoms. The molecule has 0 radical (unpaired) electrons. The van der Waals surface area contributed by atoms with Crippen LogP contribution in [0.4, 0.5) is 0 Å². The first-order valence-electron chi connectivity index (χ1n) is 11.7. The molecule has 0 saturated heterocycles. The van der Waals surface area contributed by atoms with Gasteiger partial charge in [-0.3, -0.25) is 14.4 Å². The maximum absolute atomic E-state index is 13.2. The molecule has 9 nitrogen and oxygen atoms in total. The number of hydrogen-bond acceptors (Lipinski definition) is 6. The van der Waals surface area contributed by atoms with Crippen LogP contribution in [0.5, 0.6) is 11.5 Å². The summed E-state index contributed by atoms with van der Waals surface area (Å²) in [5.41, 5.74) is -0.401. The Morgan fingerprint density at radius 1 is 1.09 bits per heavy atom. The van der Waals surface area contributed by atoms with Crippen molar-refractivity contribution >= 4 is 17.8 Å². The van der Waals surface area contributed by atoms with E-state index in [9.17, 15) is 29.9 Å². The minimum atomic E-state index is -0.890. The van der Waals surface area contributed by atoms with Crippen molar-refractivity contribution in [2.75, 3.05) is 7.11 Å². The van der Waals surface area contributed by atoms with Crippen LogP contribution in [0, 0.1) is 34.5 Å². The smallest absolute Gasteiger partial charge is 0.309 e. The molecule has 1 aromatic carbocycles. The Labute approximate surface area is 198 Å². The lowest BCUT2D eigenvalue weighted by Gasteiger charge is -2.34. The molecule has 4 rings (SSSR count). The summed E-state index contributed by atoms with van der Waals surface area (Å²) in [7, 11) is 1.40. The van der Waals surface area contributed by atoms with Gasteiger partial charge in [0.1, 0.15) is 17.6 Å². The fraction of sp³-hybridized carbons (Fsp3) is 0.600. The summed E-state index contributed by atoms with van der Waals surface area (Å²) in [5, 5.41) is 31.7. The Morgan fingerprint density at radius 3 is 2.35 bits per heavy atom. The van der Waals surface area contributed by atoms with E-state index in [-0.39, 0.29) is 40.6 Å². The van der Waals surface area contributed by atoms with Crippen LogP contribution in [-0.4, -0.2) is 47.3 Å². The van der Waals surface area contributed by atoms with Crippen molar-refractivity contribution in [1.82, 2.24) is 5.32 Å². The first-order valence-corrected chi connectivity index (χ1v) is 11.7. The number of amides is 1. The quantitative estimate of drug-likeness (QED) is 0.551. The molecule has 4 atom stereocenters. The lowest BCUT2D eigenvalue weighted by molar-refractivity contribution is -0.150. The van der Waals surface area contributed by atoms with Crippen molar-refractivity contribution in [3.63, 3.8) is 0 Å². The van der Waals surface area contributed by atoms with Gasteiger partial charge in [-0.05, 0) is 69.8 Å². The fourth-order valence-electron chi connectivity index (χ4n) is 5.91. The van der Waals surface area contributed by atoms with E-state index in [1.807, 2.05) is 0 Å². The van der Waals surface area contributed by atoms with E-state index in [2.05, 4.69) is 11.4 Å². The van der Waals surface area contributed by atoms with Crippen molar-refractivity contribution in [1.29, 1.82) is 5.26 Å². The third-order valence-corrected chi connectivity index (χ3v) is 8.01.